The van der Waals surface area contributed by atoms with Crippen LogP contribution in [0.2, 0.25) is 0 Å². The Morgan fingerprint density at radius 3 is 2.70 bits per heavy atom. The Morgan fingerprint density at radius 2 is 2.10 bits per heavy atom. The number of nitrogens with zero attached hydrogens (tertiary/aromatic N) is 1. The van der Waals surface area contributed by atoms with Gasteiger partial charge in [-0.1, -0.05) is 6.07 Å². The summed E-state index contributed by atoms with van der Waals surface area (Å²) in [6, 6.07) is 3.73. The molecule has 2 N–H and O–H groups in total. The number of anilines is 2. The molecule has 0 saturated carbocycles. The van der Waals surface area contributed by atoms with Crippen molar-refractivity contribution in [3.05, 3.63) is 40.5 Å². The number of aromatic nitrogens is 1. The average molecular weight is 302 g/mol. The fraction of sp³-hybridized carbons (Fsp3) is 0.167. The Kier molecular flexibility index (Phi) is 3.67. The lowest BCUT2D eigenvalue weighted by Gasteiger charge is -2.12. The fourth-order valence-electron chi connectivity index (χ4n) is 1.62. The van der Waals surface area contributed by atoms with Crippen LogP contribution in [-0.4, -0.2) is 16.1 Å². The Morgan fingerprint density at radius 1 is 1.40 bits per heavy atom. The number of carboxylic acids is 1. The van der Waals surface area contributed by atoms with Crippen LogP contribution in [0.1, 0.15) is 21.6 Å². The molecule has 0 aliphatic rings. The molecular formula is C12H9F3N2O2S. The standard InChI is InChI=1S/C12H9F3N2O2S/c1-6-2-3-7(4-8(6)12(13,14)15)17-10-9(11(18)19)16-5-20-10/h2-5,17H,1H3,(H,18,19). The van der Waals surface area contributed by atoms with E-state index in [1.807, 2.05) is 0 Å². The van der Waals surface area contributed by atoms with Crippen molar-refractivity contribution in [1.29, 1.82) is 0 Å². The first-order valence-electron chi connectivity index (χ1n) is 5.40. The number of rotatable bonds is 3. The Bertz CT molecular complexity index is 652. The molecule has 8 heteroatoms. The summed E-state index contributed by atoms with van der Waals surface area (Å²) in [5.74, 6) is -1.24. The van der Waals surface area contributed by atoms with Gasteiger partial charge in [-0.2, -0.15) is 13.2 Å². The molecule has 0 saturated heterocycles. The topological polar surface area (TPSA) is 62.2 Å². The van der Waals surface area contributed by atoms with E-state index in [1.54, 1.807) is 0 Å². The SMILES string of the molecule is Cc1ccc(Nc2scnc2C(=O)O)cc1C(F)(F)F. The quantitative estimate of drug-likeness (QED) is 0.902. The van der Waals surface area contributed by atoms with Gasteiger partial charge in [0.25, 0.3) is 0 Å². The van der Waals surface area contributed by atoms with E-state index in [9.17, 15) is 18.0 Å². The number of hydrogen-bond acceptors (Lipinski definition) is 4. The van der Waals surface area contributed by atoms with Crippen LogP contribution in [0.25, 0.3) is 0 Å². The van der Waals surface area contributed by atoms with Crippen molar-refractivity contribution in [2.75, 3.05) is 5.32 Å². The Labute approximate surface area is 115 Å². The number of hydrogen-bond donors (Lipinski definition) is 2. The molecule has 0 aliphatic carbocycles. The second-order valence-electron chi connectivity index (χ2n) is 3.99. The molecule has 4 nitrogen and oxygen atoms in total. The molecule has 0 amide bonds. The van der Waals surface area contributed by atoms with Gasteiger partial charge in [-0.3, -0.25) is 0 Å². The van der Waals surface area contributed by atoms with Crippen LogP contribution in [0.3, 0.4) is 0 Å². The maximum atomic E-state index is 12.8. The van der Waals surface area contributed by atoms with Gasteiger partial charge in [0.15, 0.2) is 5.69 Å². The summed E-state index contributed by atoms with van der Waals surface area (Å²) in [7, 11) is 0. The van der Waals surface area contributed by atoms with Gasteiger partial charge in [0.1, 0.15) is 5.00 Å². The van der Waals surface area contributed by atoms with Crippen molar-refractivity contribution in [3.63, 3.8) is 0 Å². The van der Waals surface area contributed by atoms with E-state index >= 15 is 0 Å². The Hall–Kier alpha value is -2.09. The Balaban J connectivity index is 2.35. The largest absolute Gasteiger partial charge is 0.476 e. The van der Waals surface area contributed by atoms with Gasteiger partial charge in [0.05, 0.1) is 11.1 Å². The van der Waals surface area contributed by atoms with Crippen LogP contribution < -0.4 is 5.32 Å². The zero-order valence-corrected chi connectivity index (χ0v) is 11.0. The van der Waals surface area contributed by atoms with E-state index in [0.29, 0.717) is 0 Å². The van der Waals surface area contributed by atoms with Crippen molar-refractivity contribution in [3.8, 4) is 0 Å². The molecule has 2 aromatic rings. The number of thiazole rings is 1. The maximum Gasteiger partial charge on any atom is 0.416 e. The molecule has 20 heavy (non-hydrogen) atoms. The lowest BCUT2D eigenvalue weighted by Crippen LogP contribution is -2.08. The predicted octanol–water partition coefficient (Wildman–Crippen LogP) is 3.91. The maximum absolute atomic E-state index is 12.8. The molecule has 0 bridgehead atoms. The van der Waals surface area contributed by atoms with Crippen molar-refractivity contribution in [1.82, 2.24) is 4.98 Å². The molecule has 1 aromatic carbocycles. The number of nitrogens with one attached hydrogen (secondary N) is 1. The molecule has 0 atom stereocenters. The first kappa shape index (κ1) is 14.3. The van der Waals surface area contributed by atoms with E-state index in [0.717, 1.165) is 17.4 Å². The third-order valence-corrected chi connectivity index (χ3v) is 3.31. The molecule has 0 unspecified atom stereocenters. The summed E-state index contributed by atoms with van der Waals surface area (Å²) in [6.07, 6.45) is -4.45. The number of carbonyl (C=O) groups is 1. The van der Waals surface area contributed by atoms with E-state index < -0.39 is 17.7 Å². The van der Waals surface area contributed by atoms with Crippen molar-refractivity contribution >= 4 is 28.0 Å². The second-order valence-corrected chi connectivity index (χ2v) is 4.84. The van der Waals surface area contributed by atoms with Crippen LogP contribution in [0.15, 0.2) is 23.7 Å². The summed E-state index contributed by atoms with van der Waals surface area (Å²) in [4.78, 5) is 14.5. The second kappa shape index (κ2) is 5.12. The highest BCUT2D eigenvalue weighted by molar-refractivity contribution is 7.14. The summed E-state index contributed by atoms with van der Waals surface area (Å²) in [5, 5.41) is 11.7. The summed E-state index contributed by atoms with van der Waals surface area (Å²) >= 11 is 1.01. The minimum absolute atomic E-state index is 0.103. The average Bonchev–Trinajstić information content (AvgIpc) is 2.78. The van der Waals surface area contributed by atoms with Crippen LogP contribution >= 0.6 is 11.3 Å². The number of alkyl halides is 3. The van der Waals surface area contributed by atoms with Gasteiger partial charge in [0.2, 0.25) is 0 Å². The zero-order chi connectivity index (χ0) is 14.9. The number of halogens is 3. The molecule has 0 radical (unpaired) electrons. The van der Waals surface area contributed by atoms with Crippen molar-refractivity contribution in [2.24, 2.45) is 0 Å². The van der Waals surface area contributed by atoms with Crippen LogP contribution in [-0.2, 0) is 6.18 Å². The molecule has 2 rings (SSSR count). The summed E-state index contributed by atoms with van der Waals surface area (Å²) in [6.45, 7) is 1.36. The highest BCUT2D eigenvalue weighted by Gasteiger charge is 2.32. The van der Waals surface area contributed by atoms with Gasteiger partial charge < -0.3 is 10.4 Å². The highest BCUT2D eigenvalue weighted by Crippen LogP contribution is 2.34. The minimum Gasteiger partial charge on any atom is -0.476 e. The predicted molar refractivity (Wildman–Crippen MR) is 68.5 cm³/mol. The lowest BCUT2D eigenvalue weighted by atomic mass is 10.1. The van der Waals surface area contributed by atoms with E-state index in [1.165, 1.54) is 24.6 Å². The molecule has 1 heterocycles. The first-order valence-corrected chi connectivity index (χ1v) is 6.28. The lowest BCUT2D eigenvalue weighted by molar-refractivity contribution is -0.138. The zero-order valence-electron chi connectivity index (χ0n) is 10.2. The van der Waals surface area contributed by atoms with Crippen LogP contribution in [0, 0.1) is 6.92 Å². The summed E-state index contributed by atoms with van der Waals surface area (Å²) < 4.78 is 38.4. The van der Waals surface area contributed by atoms with Gasteiger partial charge in [-0.25, -0.2) is 9.78 Å². The van der Waals surface area contributed by atoms with Crippen molar-refractivity contribution < 1.29 is 23.1 Å². The van der Waals surface area contributed by atoms with Gasteiger partial charge in [0, 0.05) is 5.69 Å². The molecule has 1 aromatic heterocycles. The fourth-order valence-corrected chi connectivity index (χ4v) is 2.32. The van der Waals surface area contributed by atoms with Gasteiger partial charge >= 0.3 is 12.1 Å². The first-order chi connectivity index (χ1) is 9.29. The van der Waals surface area contributed by atoms with E-state index in [-0.39, 0.29) is 21.9 Å². The van der Waals surface area contributed by atoms with Gasteiger partial charge in [-0.05, 0) is 24.6 Å². The minimum atomic E-state index is -4.45. The normalized spacial score (nSPS) is 11.4. The van der Waals surface area contributed by atoms with E-state index in [2.05, 4.69) is 10.3 Å². The van der Waals surface area contributed by atoms with E-state index in [4.69, 9.17) is 5.11 Å². The third kappa shape index (κ3) is 2.90. The molecule has 0 spiro atoms. The smallest absolute Gasteiger partial charge is 0.416 e. The number of aryl methyl sites for hydroxylation is 1. The molecule has 0 aliphatic heterocycles. The highest BCUT2D eigenvalue weighted by atomic mass is 32.1. The monoisotopic (exact) mass is 302 g/mol. The third-order valence-electron chi connectivity index (χ3n) is 2.57. The number of benzene rings is 1. The van der Waals surface area contributed by atoms with Crippen LogP contribution in [0.5, 0.6) is 0 Å². The van der Waals surface area contributed by atoms with Crippen molar-refractivity contribution in [2.45, 2.75) is 13.1 Å². The summed E-state index contributed by atoms with van der Waals surface area (Å²) in [5.41, 5.74) is 0.596. The van der Waals surface area contributed by atoms with Gasteiger partial charge in [-0.15, -0.1) is 11.3 Å². The van der Waals surface area contributed by atoms with Crippen LogP contribution in [0.4, 0.5) is 23.9 Å². The molecule has 106 valence electrons. The molecule has 0 fully saturated rings. The number of carboxylic acid groups (broad SMARTS) is 1. The molecular weight excluding hydrogens is 293 g/mol. The number of aromatic carboxylic acids is 1.